The smallest absolute Gasteiger partial charge is 0.174 e. The molecule has 3 saturated carbocycles. The summed E-state index contributed by atoms with van der Waals surface area (Å²) >= 11 is 12.8. The molecule has 6 rings (SSSR count). The summed E-state index contributed by atoms with van der Waals surface area (Å²) in [4.78, 5) is 4.05. The van der Waals surface area contributed by atoms with Crippen molar-refractivity contribution in [1.82, 2.24) is 10.1 Å². The number of halogens is 2. The minimum atomic E-state index is -0.348. The van der Waals surface area contributed by atoms with E-state index in [0.29, 0.717) is 58.9 Å². The van der Waals surface area contributed by atoms with E-state index in [4.69, 9.17) is 41.9 Å². The van der Waals surface area contributed by atoms with E-state index in [-0.39, 0.29) is 11.9 Å². The molecule has 0 N–H and O–H groups in total. The zero-order valence-electron chi connectivity index (χ0n) is 16.6. The maximum atomic E-state index is 6.46. The molecule has 2 aromatic heterocycles. The summed E-state index contributed by atoms with van der Waals surface area (Å²) in [6.45, 7) is 1.86. The van der Waals surface area contributed by atoms with Crippen LogP contribution in [-0.2, 0) is 20.8 Å². The topological polar surface area (TPSA) is 66.6 Å². The van der Waals surface area contributed by atoms with Crippen LogP contribution in [0.5, 0.6) is 0 Å². The average molecular weight is 451 g/mol. The first-order chi connectivity index (χ1) is 14.7. The van der Waals surface area contributed by atoms with Crippen molar-refractivity contribution in [2.45, 2.75) is 62.9 Å². The second-order valence-corrected chi connectivity index (χ2v) is 9.73. The van der Waals surface area contributed by atoms with E-state index >= 15 is 0 Å². The lowest BCUT2D eigenvalue weighted by atomic mass is 9.81. The second kappa shape index (κ2) is 7.45. The number of nitrogens with zero attached hydrogens (tertiary/aromatic N) is 2. The molecule has 1 spiro atoms. The van der Waals surface area contributed by atoms with E-state index < -0.39 is 0 Å². The fourth-order valence-corrected chi connectivity index (χ4v) is 6.19. The highest BCUT2D eigenvalue weighted by molar-refractivity contribution is 6.38. The fourth-order valence-electron chi connectivity index (χ4n) is 5.65. The molecule has 1 aliphatic heterocycles. The normalized spacial score (nSPS) is 29.7. The van der Waals surface area contributed by atoms with Gasteiger partial charge in [0.2, 0.25) is 0 Å². The average Bonchev–Trinajstić information content (AvgIpc) is 3.28. The molecule has 3 atom stereocenters. The molecule has 0 aromatic carbocycles. The maximum Gasteiger partial charge on any atom is 0.174 e. The first-order valence-corrected chi connectivity index (χ1v) is 11.6. The molecule has 6 nitrogen and oxygen atoms in total. The summed E-state index contributed by atoms with van der Waals surface area (Å²) in [5.74, 6) is 1.80. The number of hydrogen-bond acceptors (Lipinski definition) is 6. The number of ether oxygens (including phenoxy) is 3. The zero-order valence-corrected chi connectivity index (χ0v) is 18.1. The lowest BCUT2D eigenvalue weighted by molar-refractivity contribution is -0.238. The van der Waals surface area contributed by atoms with E-state index in [1.807, 2.05) is 0 Å². The predicted octanol–water partition coefficient (Wildman–Crippen LogP) is 5.37. The molecule has 2 bridgehead atoms. The Morgan fingerprint density at radius 2 is 1.67 bits per heavy atom. The van der Waals surface area contributed by atoms with Crippen LogP contribution in [0.15, 0.2) is 16.9 Å². The Balaban J connectivity index is 1.24. The molecule has 8 heteroatoms. The summed E-state index contributed by atoms with van der Waals surface area (Å²) < 4.78 is 24.4. The molecular formula is C22H24Cl2N2O4. The van der Waals surface area contributed by atoms with Gasteiger partial charge >= 0.3 is 0 Å². The van der Waals surface area contributed by atoms with Gasteiger partial charge in [-0.1, -0.05) is 28.4 Å². The van der Waals surface area contributed by atoms with Crippen LogP contribution in [0.25, 0.3) is 11.3 Å². The Labute approximate surface area is 185 Å². The molecule has 0 radical (unpaired) electrons. The van der Waals surface area contributed by atoms with Crippen molar-refractivity contribution in [2.24, 2.45) is 11.8 Å². The van der Waals surface area contributed by atoms with Gasteiger partial charge in [0.15, 0.2) is 5.79 Å². The Bertz CT molecular complexity index is 918. The molecule has 2 aromatic rings. The van der Waals surface area contributed by atoms with Crippen LogP contribution in [0.3, 0.4) is 0 Å². The lowest BCUT2D eigenvalue weighted by Gasteiger charge is -2.41. The van der Waals surface area contributed by atoms with Crippen LogP contribution in [-0.4, -0.2) is 35.2 Å². The van der Waals surface area contributed by atoms with Gasteiger partial charge in [-0.05, 0) is 38.5 Å². The van der Waals surface area contributed by atoms with Gasteiger partial charge in [0, 0.05) is 41.3 Å². The number of aromatic nitrogens is 2. The third-order valence-corrected chi connectivity index (χ3v) is 7.73. The Kier molecular flexibility index (Phi) is 4.84. The van der Waals surface area contributed by atoms with Gasteiger partial charge in [-0.25, -0.2) is 0 Å². The molecule has 4 aliphatic rings. The third-order valence-electron chi connectivity index (χ3n) is 7.16. The largest absolute Gasteiger partial charge is 0.373 e. The summed E-state index contributed by atoms with van der Waals surface area (Å²) in [7, 11) is 0. The predicted molar refractivity (Wildman–Crippen MR) is 110 cm³/mol. The monoisotopic (exact) mass is 450 g/mol. The molecule has 1 saturated heterocycles. The van der Waals surface area contributed by atoms with Crippen molar-refractivity contribution in [3.8, 4) is 11.3 Å². The van der Waals surface area contributed by atoms with Crippen molar-refractivity contribution in [1.29, 1.82) is 0 Å². The molecule has 30 heavy (non-hydrogen) atoms. The molecule has 2 unspecified atom stereocenters. The molecule has 4 fully saturated rings. The van der Waals surface area contributed by atoms with E-state index in [1.54, 1.807) is 12.4 Å². The van der Waals surface area contributed by atoms with Gasteiger partial charge in [-0.3, -0.25) is 4.98 Å². The molecule has 0 amide bonds. The van der Waals surface area contributed by atoms with E-state index in [0.717, 1.165) is 49.8 Å². The van der Waals surface area contributed by atoms with Crippen molar-refractivity contribution in [3.63, 3.8) is 0 Å². The highest BCUT2D eigenvalue weighted by Crippen LogP contribution is 2.55. The molecule has 3 aliphatic carbocycles. The van der Waals surface area contributed by atoms with Crippen molar-refractivity contribution in [3.05, 3.63) is 33.8 Å². The van der Waals surface area contributed by atoms with Gasteiger partial charge in [0.05, 0.1) is 36.0 Å². The van der Waals surface area contributed by atoms with E-state index in [9.17, 15) is 0 Å². The lowest BCUT2D eigenvalue weighted by Crippen LogP contribution is -2.47. The zero-order chi connectivity index (χ0) is 20.3. The van der Waals surface area contributed by atoms with Crippen LogP contribution in [0.2, 0.25) is 10.0 Å². The van der Waals surface area contributed by atoms with Crippen LogP contribution >= 0.6 is 23.2 Å². The van der Waals surface area contributed by atoms with Crippen molar-refractivity contribution < 1.29 is 18.7 Å². The number of hydrogen-bond donors (Lipinski definition) is 0. The quantitative estimate of drug-likeness (QED) is 0.609. The number of pyridine rings is 1. The minimum absolute atomic E-state index is 0.180. The minimum Gasteiger partial charge on any atom is -0.373 e. The van der Waals surface area contributed by atoms with Crippen LogP contribution in [0.4, 0.5) is 0 Å². The van der Waals surface area contributed by atoms with Crippen LogP contribution in [0, 0.1) is 11.8 Å². The first-order valence-electron chi connectivity index (χ1n) is 10.8. The summed E-state index contributed by atoms with van der Waals surface area (Å²) in [6, 6.07) is 0. The second-order valence-electron chi connectivity index (χ2n) is 8.92. The van der Waals surface area contributed by atoms with Gasteiger partial charge in [0.1, 0.15) is 11.5 Å². The summed E-state index contributed by atoms with van der Waals surface area (Å²) in [5, 5.41) is 5.27. The standard InChI is InChI=1S/C22H24Cl2N2O4/c23-17-9-25-10-18(24)19(17)20-16(21(30-26-20)12-1-2-12)11-27-15-7-13-3-4-14(8-15)22(13)28-5-6-29-22/h9-10,12-15H,1-8,11H2/t13-,14?,15?/m0/s1. The van der Waals surface area contributed by atoms with Gasteiger partial charge in [-0.15, -0.1) is 0 Å². The van der Waals surface area contributed by atoms with Crippen LogP contribution < -0.4 is 0 Å². The molecular weight excluding hydrogens is 427 g/mol. The summed E-state index contributed by atoms with van der Waals surface area (Å²) in [6.07, 6.45) is 9.81. The van der Waals surface area contributed by atoms with Gasteiger partial charge in [-0.2, -0.15) is 0 Å². The Morgan fingerprint density at radius 1 is 1.00 bits per heavy atom. The number of rotatable bonds is 5. The SMILES string of the molecule is Clc1cncc(Cl)c1-c1noc(C2CC2)c1COC1CC2CC[C@@H](C1)C21OCCO1. The van der Waals surface area contributed by atoms with E-state index in [2.05, 4.69) is 10.1 Å². The fraction of sp³-hybridized carbons (Fsp3) is 0.636. The van der Waals surface area contributed by atoms with Gasteiger partial charge < -0.3 is 18.7 Å². The molecule has 160 valence electrons. The third kappa shape index (κ3) is 3.11. The molecule has 3 heterocycles. The maximum absolute atomic E-state index is 6.46. The Hall–Kier alpha value is -1.18. The highest BCUT2D eigenvalue weighted by Gasteiger charge is 2.58. The van der Waals surface area contributed by atoms with Crippen LogP contribution in [0.1, 0.15) is 55.8 Å². The first kappa shape index (κ1) is 19.5. The van der Waals surface area contributed by atoms with Crippen molar-refractivity contribution in [2.75, 3.05) is 13.2 Å². The van der Waals surface area contributed by atoms with E-state index in [1.165, 1.54) is 0 Å². The highest BCUT2D eigenvalue weighted by atomic mass is 35.5. The Morgan fingerprint density at radius 3 is 2.30 bits per heavy atom. The van der Waals surface area contributed by atoms with Gasteiger partial charge in [0.25, 0.3) is 0 Å². The van der Waals surface area contributed by atoms with Crippen molar-refractivity contribution >= 4 is 23.2 Å². The summed E-state index contributed by atoms with van der Waals surface area (Å²) in [5.41, 5.74) is 2.30.